The summed E-state index contributed by atoms with van der Waals surface area (Å²) in [4.78, 5) is 0. The fourth-order valence-electron chi connectivity index (χ4n) is 1.26. The molecule has 0 aliphatic rings. The molecule has 0 aromatic heterocycles. The lowest BCUT2D eigenvalue weighted by molar-refractivity contribution is 0.00425. The fraction of sp³-hybridized carbons (Fsp3) is 0.400. The Morgan fingerprint density at radius 1 is 1.33 bits per heavy atom. The molecule has 0 spiro atoms. The summed E-state index contributed by atoms with van der Waals surface area (Å²) in [5.74, 6) is 0. The highest BCUT2D eigenvalue weighted by Crippen LogP contribution is 2.25. The van der Waals surface area contributed by atoms with Crippen molar-refractivity contribution in [2.75, 3.05) is 12.3 Å². The minimum atomic E-state index is -1.06. The Kier molecular flexibility index (Phi) is 4.35. The summed E-state index contributed by atoms with van der Waals surface area (Å²) in [7, 11) is 0. The standard InChI is InChI=1S/C10H14ClNO3/c11-7-2-1-6(5-8(7)12)10(15)9(14)3-4-13/h1-2,5,9-10,13-15H,3-4,12H2. The topological polar surface area (TPSA) is 86.7 Å². The van der Waals surface area contributed by atoms with E-state index in [1.165, 1.54) is 6.07 Å². The van der Waals surface area contributed by atoms with E-state index in [1.54, 1.807) is 12.1 Å². The summed E-state index contributed by atoms with van der Waals surface area (Å²) in [6.45, 7) is -0.179. The second kappa shape index (κ2) is 5.32. The average Bonchev–Trinajstić information content (AvgIpc) is 2.21. The number of benzene rings is 1. The number of anilines is 1. The molecule has 2 unspecified atom stereocenters. The van der Waals surface area contributed by atoms with E-state index in [0.717, 1.165) is 0 Å². The number of halogens is 1. The van der Waals surface area contributed by atoms with Crippen LogP contribution in [0.15, 0.2) is 18.2 Å². The van der Waals surface area contributed by atoms with Crippen LogP contribution in [0.1, 0.15) is 18.1 Å². The number of aliphatic hydroxyl groups excluding tert-OH is 3. The van der Waals surface area contributed by atoms with Crippen LogP contribution in [0.2, 0.25) is 5.02 Å². The van der Waals surface area contributed by atoms with Crippen molar-refractivity contribution in [1.29, 1.82) is 0 Å². The summed E-state index contributed by atoms with van der Waals surface area (Å²) in [5.41, 5.74) is 6.39. The van der Waals surface area contributed by atoms with Gasteiger partial charge in [0.1, 0.15) is 6.10 Å². The molecule has 0 saturated heterocycles. The molecule has 0 bridgehead atoms. The Bertz CT molecular complexity index is 332. The van der Waals surface area contributed by atoms with Gasteiger partial charge in [0.05, 0.1) is 16.8 Å². The number of nitrogens with two attached hydrogens (primary N) is 1. The second-order valence-electron chi connectivity index (χ2n) is 3.31. The van der Waals surface area contributed by atoms with Gasteiger partial charge in [0.2, 0.25) is 0 Å². The Labute approximate surface area is 92.9 Å². The van der Waals surface area contributed by atoms with E-state index in [1.807, 2.05) is 0 Å². The van der Waals surface area contributed by atoms with Crippen molar-refractivity contribution in [3.8, 4) is 0 Å². The molecule has 0 aliphatic carbocycles. The summed E-state index contributed by atoms with van der Waals surface area (Å²) >= 11 is 5.72. The van der Waals surface area contributed by atoms with Gasteiger partial charge in [0, 0.05) is 6.61 Å². The smallest absolute Gasteiger partial charge is 0.105 e. The number of hydrogen-bond acceptors (Lipinski definition) is 4. The number of hydrogen-bond donors (Lipinski definition) is 4. The molecule has 5 heteroatoms. The lowest BCUT2D eigenvalue weighted by atomic mass is 10.0. The molecule has 0 radical (unpaired) electrons. The molecule has 0 heterocycles. The molecule has 1 rings (SSSR count). The Hall–Kier alpha value is -0.810. The van der Waals surface area contributed by atoms with Crippen molar-refractivity contribution in [2.24, 2.45) is 0 Å². The molecule has 84 valence electrons. The predicted molar refractivity (Wildman–Crippen MR) is 58.5 cm³/mol. The monoisotopic (exact) mass is 231 g/mol. The molecule has 4 nitrogen and oxygen atoms in total. The first-order chi connectivity index (χ1) is 7.06. The van der Waals surface area contributed by atoms with Crippen LogP contribution >= 0.6 is 11.6 Å². The lowest BCUT2D eigenvalue weighted by Crippen LogP contribution is -2.19. The lowest BCUT2D eigenvalue weighted by Gasteiger charge is -2.17. The molecule has 0 saturated carbocycles. The van der Waals surface area contributed by atoms with Gasteiger partial charge < -0.3 is 21.1 Å². The van der Waals surface area contributed by atoms with E-state index in [4.69, 9.17) is 22.4 Å². The van der Waals surface area contributed by atoms with Crippen LogP contribution in [-0.4, -0.2) is 28.0 Å². The zero-order valence-electron chi connectivity index (χ0n) is 8.10. The normalized spacial score (nSPS) is 14.9. The van der Waals surface area contributed by atoms with Gasteiger partial charge in [-0.3, -0.25) is 0 Å². The first kappa shape index (κ1) is 12.3. The maximum Gasteiger partial charge on any atom is 0.105 e. The van der Waals surface area contributed by atoms with Crippen LogP contribution in [0.25, 0.3) is 0 Å². The van der Waals surface area contributed by atoms with Crippen molar-refractivity contribution in [1.82, 2.24) is 0 Å². The Morgan fingerprint density at radius 3 is 2.53 bits per heavy atom. The van der Waals surface area contributed by atoms with Gasteiger partial charge in [-0.1, -0.05) is 17.7 Å². The zero-order chi connectivity index (χ0) is 11.4. The highest BCUT2D eigenvalue weighted by Gasteiger charge is 2.18. The van der Waals surface area contributed by atoms with Crippen molar-refractivity contribution in [3.05, 3.63) is 28.8 Å². The quantitative estimate of drug-likeness (QED) is 0.575. The predicted octanol–water partition coefficient (Wildman–Crippen LogP) is 0.699. The second-order valence-corrected chi connectivity index (χ2v) is 3.71. The maximum atomic E-state index is 9.68. The van der Waals surface area contributed by atoms with E-state index >= 15 is 0 Å². The van der Waals surface area contributed by atoms with Crippen LogP contribution in [-0.2, 0) is 0 Å². The van der Waals surface area contributed by atoms with E-state index in [-0.39, 0.29) is 13.0 Å². The molecule has 0 fully saturated rings. The molecular formula is C10H14ClNO3. The number of aliphatic hydroxyl groups is 3. The van der Waals surface area contributed by atoms with Crippen molar-refractivity contribution in [2.45, 2.75) is 18.6 Å². The van der Waals surface area contributed by atoms with Crippen molar-refractivity contribution < 1.29 is 15.3 Å². The molecular weight excluding hydrogens is 218 g/mol. The van der Waals surface area contributed by atoms with E-state index in [2.05, 4.69) is 0 Å². The van der Waals surface area contributed by atoms with Crippen molar-refractivity contribution in [3.63, 3.8) is 0 Å². The fourth-order valence-corrected chi connectivity index (χ4v) is 1.38. The molecule has 1 aromatic rings. The molecule has 2 atom stereocenters. The van der Waals surface area contributed by atoms with Crippen LogP contribution in [0.4, 0.5) is 5.69 Å². The van der Waals surface area contributed by atoms with E-state index in [9.17, 15) is 10.2 Å². The summed E-state index contributed by atoms with van der Waals surface area (Å²) < 4.78 is 0. The molecule has 0 aliphatic heterocycles. The van der Waals surface area contributed by atoms with E-state index < -0.39 is 12.2 Å². The van der Waals surface area contributed by atoms with Crippen LogP contribution in [0.3, 0.4) is 0 Å². The average molecular weight is 232 g/mol. The van der Waals surface area contributed by atoms with Crippen LogP contribution < -0.4 is 5.73 Å². The number of nitrogen functional groups attached to an aromatic ring is 1. The summed E-state index contributed by atoms with van der Waals surface area (Å²) in [6.07, 6.45) is -1.95. The Morgan fingerprint density at radius 2 is 2.00 bits per heavy atom. The third-order valence-corrected chi connectivity index (χ3v) is 2.50. The van der Waals surface area contributed by atoms with Gasteiger partial charge in [-0.25, -0.2) is 0 Å². The maximum absolute atomic E-state index is 9.68. The molecule has 15 heavy (non-hydrogen) atoms. The summed E-state index contributed by atoms with van der Waals surface area (Å²) in [6, 6.07) is 4.65. The van der Waals surface area contributed by atoms with Crippen molar-refractivity contribution >= 4 is 17.3 Å². The van der Waals surface area contributed by atoms with Gasteiger partial charge in [0.15, 0.2) is 0 Å². The summed E-state index contributed by atoms with van der Waals surface area (Å²) in [5, 5.41) is 28.1. The minimum absolute atomic E-state index is 0.115. The largest absolute Gasteiger partial charge is 0.398 e. The zero-order valence-corrected chi connectivity index (χ0v) is 8.85. The van der Waals surface area contributed by atoms with Gasteiger partial charge in [-0.05, 0) is 24.1 Å². The SMILES string of the molecule is Nc1cc(C(O)C(O)CCO)ccc1Cl. The van der Waals surface area contributed by atoms with Crippen LogP contribution in [0, 0.1) is 0 Å². The highest BCUT2D eigenvalue weighted by atomic mass is 35.5. The number of rotatable bonds is 4. The van der Waals surface area contributed by atoms with Gasteiger partial charge >= 0.3 is 0 Å². The molecule has 0 amide bonds. The van der Waals surface area contributed by atoms with Gasteiger partial charge in [-0.2, -0.15) is 0 Å². The third-order valence-electron chi connectivity index (χ3n) is 2.15. The first-order valence-corrected chi connectivity index (χ1v) is 4.96. The minimum Gasteiger partial charge on any atom is -0.398 e. The first-order valence-electron chi connectivity index (χ1n) is 4.58. The van der Waals surface area contributed by atoms with Gasteiger partial charge in [0.25, 0.3) is 0 Å². The third kappa shape index (κ3) is 3.07. The van der Waals surface area contributed by atoms with Gasteiger partial charge in [-0.15, -0.1) is 0 Å². The highest BCUT2D eigenvalue weighted by molar-refractivity contribution is 6.33. The Balaban J connectivity index is 2.81. The van der Waals surface area contributed by atoms with Crippen LogP contribution in [0.5, 0.6) is 0 Å². The molecule has 5 N–H and O–H groups in total. The van der Waals surface area contributed by atoms with E-state index in [0.29, 0.717) is 16.3 Å². The molecule has 1 aromatic carbocycles.